The van der Waals surface area contributed by atoms with Gasteiger partial charge in [0.25, 0.3) is 0 Å². The van der Waals surface area contributed by atoms with Crippen molar-refractivity contribution in [2.24, 2.45) is 5.92 Å². The van der Waals surface area contributed by atoms with E-state index in [2.05, 4.69) is 0 Å². The Hall–Kier alpha value is -1.06. The molecule has 0 aromatic rings. The van der Waals surface area contributed by atoms with Crippen LogP contribution in [0.4, 0.5) is 0 Å². The predicted octanol–water partition coefficient (Wildman–Crippen LogP) is 2.31. The molecule has 0 fully saturated rings. The minimum Gasteiger partial charge on any atom is -0.466 e. The molecule has 0 spiro atoms. The molecule has 2 atom stereocenters. The fourth-order valence-corrected chi connectivity index (χ4v) is 1.41. The molecule has 0 aliphatic carbocycles. The van der Waals surface area contributed by atoms with E-state index >= 15 is 0 Å². The lowest BCUT2D eigenvalue weighted by Crippen LogP contribution is -2.20. The van der Waals surface area contributed by atoms with Gasteiger partial charge in [0.2, 0.25) is 0 Å². The van der Waals surface area contributed by atoms with E-state index in [4.69, 9.17) is 9.47 Å². The van der Waals surface area contributed by atoms with E-state index in [1.165, 1.54) is 6.92 Å². The topological polar surface area (TPSA) is 52.6 Å². The van der Waals surface area contributed by atoms with Crippen LogP contribution in [-0.4, -0.2) is 24.6 Å². The lowest BCUT2D eigenvalue weighted by molar-refractivity contribution is -0.148. The molecule has 0 radical (unpaired) electrons. The molecule has 0 aliphatic heterocycles. The summed E-state index contributed by atoms with van der Waals surface area (Å²) in [6.07, 6.45) is 1.96. The van der Waals surface area contributed by atoms with Crippen LogP contribution in [-0.2, 0) is 19.1 Å². The summed E-state index contributed by atoms with van der Waals surface area (Å²) >= 11 is 0. The summed E-state index contributed by atoms with van der Waals surface area (Å²) in [5.41, 5.74) is 0. The molecule has 4 heteroatoms. The molecule has 0 amide bonds. The third-order valence-electron chi connectivity index (χ3n) is 2.50. The van der Waals surface area contributed by atoms with Crippen LogP contribution in [0, 0.1) is 5.92 Å². The molecule has 0 aromatic heterocycles. The van der Waals surface area contributed by atoms with Crippen LogP contribution in [0.25, 0.3) is 0 Å². The molecule has 0 saturated carbocycles. The average Bonchev–Trinajstić information content (AvgIpc) is 2.16. The van der Waals surface area contributed by atoms with Gasteiger partial charge in [0.1, 0.15) is 6.10 Å². The van der Waals surface area contributed by atoms with Gasteiger partial charge in [-0.25, -0.2) is 0 Å². The van der Waals surface area contributed by atoms with Crippen molar-refractivity contribution in [3.05, 3.63) is 0 Å². The summed E-state index contributed by atoms with van der Waals surface area (Å²) < 4.78 is 9.89. The molecule has 16 heavy (non-hydrogen) atoms. The van der Waals surface area contributed by atoms with Crippen LogP contribution in [0.2, 0.25) is 0 Å². The highest BCUT2D eigenvalue weighted by Gasteiger charge is 2.15. The maximum Gasteiger partial charge on any atom is 0.305 e. The molecular weight excluding hydrogens is 208 g/mol. The van der Waals surface area contributed by atoms with E-state index in [9.17, 15) is 9.59 Å². The maximum absolute atomic E-state index is 11.1. The fourth-order valence-electron chi connectivity index (χ4n) is 1.41. The van der Waals surface area contributed by atoms with Gasteiger partial charge in [-0.15, -0.1) is 0 Å². The van der Waals surface area contributed by atoms with Crippen LogP contribution in [0.3, 0.4) is 0 Å². The average molecular weight is 230 g/mol. The Kier molecular flexibility index (Phi) is 7.60. The van der Waals surface area contributed by atoms with Gasteiger partial charge in [0.15, 0.2) is 0 Å². The van der Waals surface area contributed by atoms with E-state index in [0.29, 0.717) is 13.0 Å². The molecule has 0 aliphatic rings. The van der Waals surface area contributed by atoms with Gasteiger partial charge >= 0.3 is 11.9 Å². The highest BCUT2D eigenvalue weighted by Crippen LogP contribution is 2.15. The van der Waals surface area contributed by atoms with Gasteiger partial charge in [0, 0.05) is 13.3 Å². The van der Waals surface area contributed by atoms with Crippen molar-refractivity contribution in [2.45, 2.75) is 53.1 Å². The van der Waals surface area contributed by atoms with E-state index in [1.807, 2.05) is 13.8 Å². The first-order chi connectivity index (χ1) is 7.47. The summed E-state index contributed by atoms with van der Waals surface area (Å²) in [6, 6.07) is 0. The molecule has 0 saturated heterocycles. The molecule has 0 aromatic carbocycles. The second-order valence-electron chi connectivity index (χ2n) is 3.99. The molecule has 0 bridgehead atoms. The maximum atomic E-state index is 11.1. The quantitative estimate of drug-likeness (QED) is 0.630. The van der Waals surface area contributed by atoms with Crippen molar-refractivity contribution in [3.63, 3.8) is 0 Å². The second-order valence-corrected chi connectivity index (χ2v) is 3.99. The third-order valence-corrected chi connectivity index (χ3v) is 2.50. The van der Waals surface area contributed by atoms with Crippen molar-refractivity contribution in [1.82, 2.24) is 0 Å². The molecule has 0 heterocycles. The normalized spacial score (nSPS) is 14.0. The second kappa shape index (κ2) is 8.13. The number of hydrogen-bond donors (Lipinski definition) is 0. The first-order valence-corrected chi connectivity index (χ1v) is 5.80. The van der Waals surface area contributed by atoms with Crippen molar-refractivity contribution >= 4 is 11.9 Å². The van der Waals surface area contributed by atoms with E-state index in [-0.39, 0.29) is 24.0 Å². The fraction of sp³-hybridized carbons (Fsp3) is 0.833. The Morgan fingerprint density at radius 1 is 1.25 bits per heavy atom. The molecule has 0 N–H and O–H groups in total. The number of carbonyl (C=O) groups is 2. The number of rotatable bonds is 7. The number of esters is 2. The van der Waals surface area contributed by atoms with E-state index in [1.54, 1.807) is 6.92 Å². The Labute approximate surface area is 97.3 Å². The molecule has 0 rings (SSSR count). The van der Waals surface area contributed by atoms with Crippen molar-refractivity contribution < 1.29 is 19.1 Å². The zero-order valence-corrected chi connectivity index (χ0v) is 10.6. The summed E-state index contributed by atoms with van der Waals surface area (Å²) in [5.74, 6) is -0.155. The zero-order chi connectivity index (χ0) is 12.6. The standard InChI is InChI=1S/C12H22O4/c1-5-15-12(14)8-6-7-9(2)10(3)16-11(4)13/h9-10H,5-8H2,1-4H3. The van der Waals surface area contributed by atoms with E-state index in [0.717, 1.165) is 12.8 Å². The lowest BCUT2D eigenvalue weighted by atomic mass is 9.99. The number of hydrogen-bond acceptors (Lipinski definition) is 4. The van der Waals surface area contributed by atoms with Crippen LogP contribution in [0.15, 0.2) is 0 Å². The number of ether oxygens (including phenoxy) is 2. The van der Waals surface area contributed by atoms with Gasteiger partial charge in [-0.3, -0.25) is 9.59 Å². The predicted molar refractivity (Wildman–Crippen MR) is 60.9 cm³/mol. The smallest absolute Gasteiger partial charge is 0.305 e. The van der Waals surface area contributed by atoms with Crippen molar-refractivity contribution in [3.8, 4) is 0 Å². The SMILES string of the molecule is CCOC(=O)CCCC(C)C(C)OC(C)=O. The van der Waals surface area contributed by atoms with Crippen LogP contribution in [0.5, 0.6) is 0 Å². The zero-order valence-electron chi connectivity index (χ0n) is 10.6. The van der Waals surface area contributed by atoms with E-state index < -0.39 is 0 Å². The lowest BCUT2D eigenvalue weighted by Gasteiger charge is -2.19. The van der Waals surface area contributed by atoms with Gasteiger partial charge in [-0.1, -0.05) is 6.92 Å². The summed E-state index contributed by atoms with van der Waals surface area (Å²) in [7, 11) is 0. The number of carbonyl (C=O) groups excluding carboxylic acids is 2. The minimum atomic E-state index is -0.259. The van der Waals surface area contributed by atoms with Crippen molar-refractivity contribution in [1.29, 1.82) is 0 Å². The largest absolute Gasteiger partial charge is 0.466 e. The molecule has 94 valence electrons. The summed E-state index contributed by atoms with van der Waals surface area (Å²) in [6.45, 7) is 7.51. The Morgan fingerprint density at radius 3 is 2.38 bits per heavy atom. The highest BCUT2D eigenvalue weighted by molar-refractivity contribution is 5.69. The Balaban J connectivity index is 3.67. The van der Waals surface area contributed by atoms with Gasteiger partial charge in [-0.2, -0.15) is 0 Å². The van der Waals surface area contributed by atoms with Crippen LogP contribution in [0.1, 0.15) is 47.0 Å². The Morgan fingerprint density at radius 2 is 1.88 bits per heavy atom. The van der Waals surface area contributed by atoms with Crippen LogP contribution >= 0.6 is 0 Å². The minimum absolute atomic E-state index is 0.0975. The Bertz CT molecular complexity index is 225. The third kappa shape index (κ3) is 7.26. The molecular formula is C12H22O4. The van der Waals surface area contributed by atoms with Crippen LogP contribution < -0.4 is 0 Å². The first-order valence-electron chi connectivity index (χ1n) is 5.80. The van der Waals surface area contributed by atoms with Gasteiger partial charge < -0.3 is 9.47 Å². The van der Waals surface area contributed by atoms with Gasteiger partial charge in [0.05, 0.1) is 6.61 Å². The van der Waals surface area contributed by atoms with Crippen molar-refractivity contribution in [2.75, 3.05) is 6.61 Å². The first kappa shape index (κ1) is 14.9. The highest BCUT2D eigenvalue weighted by atomic mass is 16.5. The molecule has 2 unspecified atom stereocenters. The molecule has 4 nitrogen and oxygen atoms in total. The monoisotopic (exact) mass is 230 g/mol. The summed E-state index contributed by atoms with van der Waals surface area (Å²) in [4.78, 5) is 21.8. The summed E-state index contributed by atoms with van der Waals surface area (Å²) in [5, 5.41) is 0. The van der Waals surface area contributed by atoms with Gasteiger partial charge in [-0.05, 0) is 32.6 Å².